The van der Waals surface area contributed by atoms with E-state index in [2.05, 4.69) is 0 Å². The zero-order valence-corrected chi connectivity index (χ0v) is 7.61. The summed E-state index contributed by atoms with van der Waals surface area (Å²) < 4.78 is 18.1. The number of nitrogens with two attached hydrogens (primary N) is 1. The van der Waals surface area contributed by atoms with Crippen LogP contribution in [-0.2, 0) is 0 Å². The van der Waals surface area contributed by atoms with E-state index in [0.29, 0.717) is 6.42 Å². The molecule has 0 aliphatic rings. The first-order chi connectivity index (χ1) is 6.74. The smallest absolute Gasteiger partial charge is 0.165 e. The van der Waals surface area contributed by atoms with Crippen LogP contribution in [0.5, 0.6) is 5.75 Å². The minimum atomic E-state index is -0.554. The van der Waals surface area contributed by atoms with Crippen molar-refractivity contribution in [2.75, 3.05) is 6.61 Å². The summed E-state index contributed by atoms with van der Waals surface area (Å²) in [7, 11) is 0. The van der Waals surface area contributed by atoms with Gasteiger partial charge in [0.25, 0.3) is 0 Å². The van der Waals surface area contributed by atoms with Crippen molar-refractivity contribution >= 4 is 0 Å². The molecule has 1 atom stereocenters. The molecule has 1 aromatic carbocycles. The summed E-state index contributed by atoms with van der Waals surface area (Å²) in [4.78, 5) is 0. The van der Waals surface area contributed by atoms with Crippen molar-refractivity contribution in [3.8, 4) is 11.8 Å². The van der Waals surface area contributed by atoms with Gasteiger partial charge in [-0.15, -0.1) is 0 Å². The summed E-state index contributed by atoms with van der Waals surface area (Å²) in [5.74, 6) is -0.212. The van der Waals surface area contributed by atoms with Gasteiger partial charge in [-0.2, -0.15) is 5.26 Å². The Balaban J connectivity index is 2.40. The lowest BCUT2D eigenvalue weighted by atomic mass is 10.2. The van der Waals surface area contributed by atoms with E-state index in [1.54, 1.807) is 12.1 Å². The van der Waals surface area contributed by atoms with Crippen molar-refractivity contribution in [2.24, 2.45) is 5.73 Å². The number of halogens is 1. The topological polar surface area (TPSA) is 59.0 Å². The van der Waals surface area contributed by atoms with Gasteiger partial charge in [0.2, 0.25) is 0 Å². The summed E-state index contributed by atoms with van der Waals surface area (Å²) in [5, 5.41) is 8.38. The highest BCUT2D eigenvalue weighted by molar-refractivity contribution is 5.23. The predicted octanol–water partition coefficient (Wildman–Crippen LogP) is 1.45. The second-order valence-corrected chi connectivity index (χ2v) is 2.80. The van der Waals surface area contributed by atoms with Crippen LogP contribution in [0.4, 0.5) is 4.39 Å². The number of benzene rings is 1. The Morgan fingerprint density at radius 2 is 2.21 bits per heavy atom. The lowest BCUT2D eigenvalue weighted by Crippen LogP contribution is -2.20. The van der Waals surface area contributed by atoms with Gasteiger partial charge in [-0.1, -0.05) is 12.1 Å². The molecular weight excluding hydrogens is 183 g/mol. The molecule has 1 unspecified atom stereocenters. The molecule has 0 spiro atoms. The van der Waals surface area contributed by atoms with Gasteiger partial charge in [-0.25, -0.2) is 4.39 Å². The number of hydrogen-bond donors (Lipinski definition) is 1. The summed E-state index contributed by atoms with van der Waals surface area (Å²) in [5.41, 5.74) is 5.34. The van der Waals surface area contributed by atoms with Crippen molar-refractivity contribution in [1.29, 1.82) is 5.26 Å². The van der Waals surface area contributed by atoms with Gasteiger partial charge in [0, 0.05) is 6.42 Å². The van der Waals surface area contributed by atoms with Gasteiger partial charge < -0.3 is 10.5 Å². The lowest BCUT2D eigenvalue weighted by molar-refractivity contribution is 0.291. The van der Waals surface area contributed by atoms with Crippen LogP contribution >= 0.6 is 0 Å². The molecule has 3 nitrogen and oxygen atoms in total. The van der Waals surface area contributed by atoms with E-state index < -0.39 is 11.9 Å². The molecular formula is C10H11FN2O. The highest BCUT2D eigenvalue weighted by Gasteiger charge is 2.03. The largest absolute Gasteiger partial charge is 0.490 e. The fourth-order valence-corrected chi connectivity index (χ4v) is 0.922. The number of hydrogen-bond acceptors (Lipinski definition) is 3. The Bertz CT molecular complexity index is 335. The lowest BCUT2D eigenvalue weighted by Gasteiger charge is -2.07. The molecule has 4 heteroatoms. The second kappa shape index (κ2) is 5.20. The summed E-state index contributed by atoms with van der Waals surface area (Å²) in [6.07, 6.45) is 0.394. The molecule has 0 amide bonds. The highest BCUT2D eigenvalue weighted by Crippen LogP contribution is 2.15. The Hall–Kier alpha value is -1.60. The van der Waals surface area contributed by atoms with Crippen LogP contribution in [-0.4, -0.2) is 12.6 Å². The van der Waals surface area contributed by atoms with Gasteiger partial charge in [0.05, 0.1) is 18.7 Å². The third-order valence-electron chi connectivity index (χ3n) is 1.69. The quantitative estimate of drug-likeness (QED) is 0.789. The number of nitriles is 1. The first kappa shape index (κ1) is 10.5. The third kappa shape index (κ3) is 3.04. The Morgan fingerprint density at radius 3 is 2.86 bits per heavy atom. The Morgan fingerprint density at radius 1 is 1.50 bits per heavy atom. The average Bonchev–Trinajstić information content (AvgIpc) is 2.20. The van der Waals surface area contributed by atoms with E-state index in [9.17, 15) is 4.39 Å². The number of para-hydroxylation sites is 1. The van der Waals surface area contributed by atoms with Crippen molar-refractivity contribution in [2.45, 2.75) is 12.5 Å². The summed E-state index contributed by atoms with van der Waals surface area (Å²) in [6.45, 7) is 0.246. The standard InChI is InChI=1S/C10H11FN2O/c11-9-3-1-2-4-10(9)14-6-5-8(13)7-12/h1-4,8H,5-6,13H2. The van der Waals surface area contributed by atoms with Gasteiger partial charge in [-0.3, -0.25) is 0 Å². The third-order valence-corrected chi connectivity index (χ3v) is 1.69. The number of ether oxygens (including phenoxy) is 1. The zero-order chi connectivity index (χ0) is 10.4. The minimum absolute atomic E-state index is 0.192. The monoisotopic (exact) mass is 194 g/mol. The molecule has 0 aromatic heterocycles. The molecule has 14 heavy (non-hydrogen) atoms. The van der Waals surface area contributed by atoms with Crippen molar-refractivity contribution in [3.05, 3.63) is 30.1 Å². The van der Waals surface area contributed by atoms with E-state index in [4.69, 9.17) is 15.7 Å². The average molecular weight is 194 g/mol. The van der Waals surface area contributed by atoms with E-state index in [1.165, 1.54) is 12.1 Å². The molecule has 1 rings (SSSR count). The molecule has 2 N–H and O–H groups in total. The van der Waals surface area contributed by atoms with Crippen molar-refractivity contribution in [3.63, 3.8) is 0 Å². The molecule has 0 aliphatic carbocycles. The van der Waals surface area contributed by atoms with Crippen molar-refractivity contribution in [1.82, 2.24) is 0 Å². The van der Waals surface area contributed by atoms with Crippen LogP contribution in [0.25, 0.3) is 0 Å². The van der Waals surface area contributed by atoms with Gasteiger partial charge in [0.1, 0.15) is 0 Å². The first-order valence-electron chi connectivity index (χ1n) is 4.26. The van der Waals surface area contributed by atoms with E-state index in [-0.39, 0.29) is 12.4 Å². The van der Waals surface area contributed by atoms with Crippen LogP contribution in [0.2, 0.25) is 0 Å². The van der Waals surface area contributed by atoms with Crippen LogP contribution in [0.1, 0.15) is 6.42 Å². The summed E-state index contributed by atoms with van der Waals surface area (Å²) >= 11 is 0. The van der Waals surface area contributed by atoms with Gasteiger partial charge >= 0.3 is 0 Å². The van der Waals surface area contributed by atoms with E-state index in [0.717, 1.165) is 0 Å². The zero-order valence-electron chi connectivity index (χ0n) is 7.61. The minimum Gasteiger partial charge on any atom is -0.490 e. The maximum absolute atomic E-state index is 13.0. The molecule has 0 fully saturated rings. The van der Waals surface area contributed by atoms with E-state index in [1.807, 2.05) is 6.07 Å². The van der Waals surface area contributed by atoms with Crippen LogP contribution in [0, 0.1) is 17.1 Å². The maximum Gasteiger partial charge on any atom is 0.165 e. The molecule has 74 valence electrons. The number of rotatable bonds is 4. The van der Waals surface area contributed by atoms with Gasteiger partial charge in [0.15, 0.2) is 11.6 Å². The second-order valence-electron chi connectivity index (χ2n) is 2.80. The van der Waals surface area contributed by atoms with Crippen LogP contribution in [0.3, 0.4) is 0 Å². The molecule has 0 saturated carbocycles. The van der Waals surface area contributed by atoms with Crippen LogP contribution in [0.15, 0.2) is 24.3 Å². The summed E-state index contributed by atoms with van der Waals surface area (Å²) in [6, 6.07) is 7.44. The predicted molar refractivity (Wildman–Crippen MR) is 50.1 cm³/mol. The molecule has 0 radical (unpaired) electrons. The fraction of sp³-hybridized carbons (Fsp3) is 0.300. The maximum atomic E-state index is 13.0. The Kier molecular flexibility index (Phi) is 3.89. The highest BCUT2D eigenvalue weighted by atomic mass is 19.1. The number of nitrogens with zero attached hydrogens (tertiary/aromatic N) is 1. The SMILES string of the molecule is N#CC(N)CCOc1ccccc1F. The van der Waals surface area contributed by atoms with E-state index >= 15 is 0 Å². The Labute approximate surface area is 81.9 Å². The van der Waals surface area contributed by atoms with Gasteiger partial charge in [-0.05, 0) is 12.1 Å². The first-order valence-corrected chi connectivity index (χ1v) is 4.26. The normalized spacial score (nSPS) is 11.8. The molecule has 1 aromatic rings. The molecule has 0 saturated heterocycles. The fourth-order valence-electron chi connectivity index (χ4n) is 0.922. The van der Waals surface area contributed by atoms with Crippen molar-refractivity contribution < 1.29 is 9.13 Å². The molecule has 0 aliphatic heterocycles. The molecule has 0 bridgehead atoms. The van der Waals surface area contributed by atoms with Crippen LogP contribution < -0.4 is 10.5 Å². The molecule has 0 heterocycles.